The van der Waals surface area contributed by atoms with Crippen LogP contribution < -0.4 is 25.0 Å². The first-order valence-electron chi connectivity index (χ1n) is 11.0. The molecule has 0 aromatic heterocycles. The Kier molecular flexibility index (Phi) is 5.58. The van der Waals surface area contributed by atoms with Gasteiger partial charge in [0.2, 0.25) is 11.4 Å². The maximum atomic E-state index is 14.0. The van der Waals surface area contributed by atoms with Crippen molar-refractivity contribution in [3.63, 3.8) is 0 Å². The molecular weight excluding hydrogens is 454 g/mol. The number of hydrazine groups is 1. The number of halogens is 1. The summed E-state index contributed by atoms with van der Waals surface area (Å²) in [5.74, 6) is 1.23. The summed E-state index contributed by atoms with van der Waals surface area (Å²) in [5, 5.41) is 18.0. The monoisotopic (exact) mass is 483 g/mol. The second-order valence-electron chi connectivity index (χ2n) is 9.34. The number of aliphatic hydroxyl groups excluding tert-OH is 1. The zero-order valence-corrected chi connectivity index (χ0v) is 20.4. The van der Waals surface area contributed by atoms with E-state index in [2.05, 4.69) is 22.7 Å². The minimum absolute atomic E-state index is 0.00124. The van der Waals surface area contributed by atoms with Crippen molar-refractivity contribution in [1.82, 2.24) is 15.8 Å². The van der Waals surface area contributed by atoms with Gasteiger partial charge in [0.25, 0.3) is 0 Å². The summed E-state index contributed by atoms with van der Waals surface area (Å²) in [6, 6.07) is 2.04. The van der Waals surface area contributed by atoms with Crippen LogP contribution in [0.3, 0.4) is 0 Å². The fourth-order valence-electron chi connectivity index (χ4n) is 6.04. The number of ketones is 1. The van der Waals surface area contributed by atoms with Crippen molar-refractivity contribution in [2.45, 2.75) is 55.5 Å². The van der Waals surface area contributed by atoms with Gasteiger partial charge in [-0.25, -0.2) is 5.01 Å². The molecule has 0 radical (unpaired) electrons. The number of hydrogen-bond acceptors (Lipinski definition) is 9. The summed E-state index contributed by atoms with van der Waals surface area (Å²) in [4.78, 5) is 14.0. The van der Waals surface area contributed by atoms with Gasteiger partial charge in [-0.3, -0.25) is 10.2 Å². The van der Waals surface area contributed by atoms with E-state index in [4.69, 9.17) is 25.8 Å². The number of likely N-dealkylation sites (N-methyl/N-ethyl adjacent to an activating group) is 1. The van der Waals surface area contributed by atoms with Crippen LogP contribution in [0.4, 0.5) is 0 Å². The smallest absolute Gasteiger partial charge is 0.216 e. The molecule has 3 heterocycles. The van der Waals surface area contributed by atoms with E-state index >= 15 is 0 Å². The predicted molar refractivity (Wildman–Crippen MR) is 123 cm³/mol. The van der Waals surface area contributed by atoms with Crippen molar-refractivity contribution in [2.75, 3.05) is 27.0 Å². The number of thioether (sulfide) groups is 1. The Bertz CT molecular complexity index is 951. The third kappa shape index (κ3) is 2.95. The minimum atomic E-state index is -1.42. The fourth-order valence-corrected chi connectivity index (χ4v) is 7.79. The molecule has 1 spiro atoms. The molecule has 5 rings (SSSR count). The molecule has 1 aliphatic carbocycles. The number of nitrogens with zero attached hydrogens (tertiary/aromatic N) is 1. The normalized spacial score (nSPS) is 41.0. The lowest BCUT2D eigenvalue weighted by Crippen LogP contribution is -2.66. The largest absolute Gasteiger partial charge is 0.496 e. The lowest BCUT2D eigenvalue weighted by molar-refractivity contribution is -0.111. The number of ether oxygens (including phenoxy) is 3. The van der Waals surface area contributed by atoms with Crippen LogP contribution in [0.2, 0.25) is 5.02 Å². The van der Waals surface area contributed by atoms with E-state index in [0.29, 0.717) is 24.0 Å². The molecule has 8 nitrogen and oxygen atoms in total. The van der Waals surface area contributed by atoms with E-state index in [-0.39, 0.29) is 51.4 Å². The molecule has 1 saturated carbocycles. The van der Waals surface area contributed by atoms with Crippen LogP contribution in [-0.2, 0) is 0 Å². The Morgan fingerprint density at radius 3 is 2.66 bits per heavy atom. The van der Waals surface area contributed by atoms with Gasteiger partial charge in [0.1, 0.15) is 28.2 Å². The molecule has 0 amide bonds. The highest BCUT2D eigenvalue weighted by Gasteiger charge is 2.67. The first kappa shape index (κ1) is 22.6. The van der Waals surface area contributed by atoms with Crippen LogP contribution in [0.15, 0.2) is 6.07 Å². The summed E-state index contributed by atoms with van der Waals surface area (Å²) in [7, 11) is 5.00. The molecule has 1 aromatic carbocycles. The maximum Gasteiger partial charge on any atom is 0.216 e. The average molecular weight is 484 g/mol. The number of Topliss-reactive ketones (excluding diaryl/α,β-unsaturated/α-hetero) is 1. The van der Waals surface area contributed by atoms with Gasteiger partial charge in [0.05, 0.1) is 25.6 Å². The van der Waals surface area contributed by atoms with Crippen LogP contribution in [0.5, 0.6) is 17.2 Å². The molecule has 8 atom stereocenters. The molecular formula is C22H30ClN3O5S. The molecule has 2 saturated heterocycles. The van der Waals surface area contributed by atoms with Crippen molar-refractivity contribution in [1.29, 1.82) is 0 Å². The van der Waals surface area contributed by atoms with E-state index in [9.17, 15) is 9.90 Å². The van der Waals surface area contributed by atoms with E-state index < -0.39 is 11.7 Å². The van der Waals surface area contributed by atoms with Gasteiger partial charge in [-0.1, -0.05) is 18.5 Å². The number of hydrogen-bond donors (Lipinski definition) is 3. The molecule has 0 bridgehead atoms. The Morgan fingerprint density at radius 1 is 1.31 bits per heavy atom. The van der Waals surface area contributed by atoms with E-state index in [1.807, 2.05) is 25.7 Å². The molecule has 10 heteroatoms. The molecule has 4 aliphatic rings. The first-order chi connectivity index (χ1) is 15.2. The van der Waals surface area contributed by atoms with Crippen LogP contribution in [-0.4, -0.2) is 78.1 Å². The molecule has 3 N–H and O–H groups in total. The average Bonchev–Trinajstić information content (AvgIpc) is 3.42. The summed E-state index contributed by atoms with van der Waals surface area (Å²) < 4.78 is 17.3. The second-order valence-corrected chi connectivity index (χ2v) is 10.9. The number of carbonyl (C=O) groups is 1. The highest BCUT2D eigenvalue weighted by atomic mass is 35.5. The first-order valence-corrected chi connectivity index (χ1v) is 12.4. The quantitative estimate of drug-likeness (QED) is 0.596. The Morgan fingerprint density at radius 2 is 2.03 bits per heavy atom. The Hall–Kier alpha value is -1.23. The van der Waals surface area contributed by atoms with Gasteiger partial charge in [-0.2, -0.15) is 0 Å². The maximum absolute atomic E-state index is 14.0. The lowest BCUT2D eigenvalue weighted by Gasteiger charge is -2.47. The second kappa shape index (κ2) is 7.92. The summed E-state index contributed by atoms with van der Waals surface area (Å²) >= 11 is 8.41. The highest BCUT2D eigenvalue weighted by molar-refractivity contribution is 8.00. The van der Waals surface area contributed by atoms with Crippen molar-refractivity contribution >= 4 is 29.1 Å². The number of aliphatic hydroxyl groups is 1. The van der Waals surface area contributed by atoms with Crippen LogP contribution >= 0.6 is 23.4 Å². The Labute approximate surface area is 197 Å². The number of methoxy groups -OCH3 is 2. The van der Waals surface area contributed by atoms with Gasteiger partial charge >= 0.3 is 0 Å². The van der Waals surface area contributed by atoms with Crippen molar-refractivity contribution < 1.29 is 24.1 Å². The zero-order chi connectivity index (χ0) is 22.9. The van der Waals surface area contributed by atoms with Gasteiger partial charge < -0.3 is 24.6 Å². The topological polar surface area (TPSA) is 92.3 Å². The van der Waals surface area contributed by atoms with Crippen molar-refractivity contribution in [3.05, 3.63) is 16.7 Å². The number of nitrogens with one attached hydrogen (secondary N) is 2. The minimum Gasteiger partial charge on any atom is -0.496 e. The summed E-state index contributed by atoms with van der Waals surface area (Å²) in [6.07, 6.45) is -0.338. The fraction of sp³-hybridized carbons (Fsp3) is 0.682. The summed E-state index contributed by atoms with van der Waals surface area (Å²) in [6.45, 7) is 4.12. The van der Waals surface area contributed by atoms with Gasteiger partial charge in [0, 0.05) is 42.8 Å². The van der Waals surface area contributed by atoms with Crippen molar-refractivity contribution in [2.24, 2.45) is 11.8 Å². The number of benzene rings is 1. The van der Waals surface area contributed by atoms with Crippen molar-refractivity contribution in [3.8, 4) is 17.2 Å². The van der Waals surface area contributed by atoms with Crippen LogP contribution in [0.1, 0.15) is 30.6 Å². The summed E-state index contributed by atoms with van der Waals surface area (Å²) in [5.41, 5.74) is 2.39. The van der Waals surface area contributed by atoms with Gasteiger partial charge in [-0.05, 0) is 13.3 Å². The molecule has 176 valence electrons. The molecule has 32 heavy (non-hydrogen) atoms. The van der Waals surface area contributed by atoms with Gasteiger partial charge in [0.15, 0.2) is 5.75 Å². The van der Waals surface area contributed by atoms with Crippen LogP contribution in [0.25, 0.3) is 0 Å². The third-order valence-electron chi connectivity index (χ3n) is 7.55. The highest BCUT2D eigenvalue weighted by Crippen LogP contribution is 2.56. The number of rotatable bonds is 3. The van der Waals surface area contributed by atoms with Crippen LogP contribution in [0, 0.1) is 11.8 Å². The zero-order valence-electron chi connectivity index (χ0n) is 18.8. The third-order valence-corrected chi connectivity index (χ3v) is 9.37. The SMILES string of the molecule is COc1cc(OC)c2c(c1Cl)OC1(C2=O)C(C)CC2NN(C)C(C3NC(C)CS3)C2C1O. The van der Waals surface area contributed by atoms with E-state index in [1.165, 1.54) is 14.2 Å². The number of carbonyl (C=O) groups excluding carboxylic acids is 1. The lowest BCUT2D eigenvalue weighted by atomic mass is 9.63. The van der Waals surface area contributed by atoms with E-state index in [1.54, 1.807) is 6.07 Å². The molecule has 3 fully saturated rings. The molecule has 3 aliphatic heterocycles. The van der Waals surface area contributed by atoms with Gasteiger partial charge in [-0.15, -0.1) is 11.8 Å². The predicted octanol–water partition coefficient (Wildman–Crippen LogP) is 1.93. The van der Waals surface area contributed by atoms with E-state index in [0.717, 1.165) is 5.75 Å². The Balaban J connectivity index is 1.57. The molecule has 8 unspecified atom stereocenters. The number of fused-ring (bicyclic) bond motifs is 2. The molecule has 1 aromatic rings. The standard InChI is InChI=1S/C22H30ClN3O5S/c1-9-6-11-14(17(26(3)25-11)21-24-10(2)8-32-21)19(27)22(9)20(28)15-12(29-4)7-13(30-5)16(23)18(15)31-22/h7,9-11,14,17,19,21,24-25,27H,6,8H2,1-5H3.